The Balaban J connectivity index is 1.68. The molecule has 0 aliphatic rings. The summed E-state index contributed by atoms with van der Waals surface area (Å²) in [7, 11) is 0. The van der Waals surface area contributed by atoms with E-state index in [9.17, 15) is 4.91 Å². The molecule has 0 atom stereocenters. The van der Waals surface area contributed by atoms with E-state index in [2.05, 4.69) is 41.0 Å². The Morgan fingerprint density at radius 2 is 0.963 bits per heavy atom. The highest BCUT2D eigenvalue weighted by molar-refractivity contribution is 5.14. The van der Waals surface area contributed by atoms with Crippen molar-refractivity contribution >= 4 is 0 Å². The van der Waals surface area contributed by atoms with E-state index < -0.39 is 0 Å². The first-order valence-corrected chi connectivity index (χ1v) is 11.5. The molecule has 0 amide bonds. The van der Waals surface area contributed by atoms with Crippen LogP contribution >= 0.6 is 0 Å². The molecule has 0 unspecified atom stereocenters. The first-order chi connectivity index (χ1) is 13.4. The normalized spacial score (nSPS) is 10.8. The lowest BCUT2D eigenvalue weighted by Crippen LogP contribution is -2.05. The lowest BCUT2D eigenvalue weighted by atomic mass is 10.0. The summed E-state index contributed by atoms with van der Waals surface area (Å²) in [5, 5.41) is 2.66. The van der Waals surface area contributed by atoms with Crippen molar-refractivity contribution in [2.75, 3.05) is 6.54 Å². The summed E-state index contributed by atoms with van der Waals surface area (Å²) in [5.41, 5.74) is 3.96. The third kappa shape index (κ3) is 16.5. The van der Waals surface area contributed by atoms with Gasteiger partial charge in [0.25, 0.3) is 0 Å². The molecule has 0 heterocycles. The summed E-state index contributed by atoms with van der Waals surface area (Å²) in [6.45, 7) is 0.733. The van der Waals surface area contributed by atoms with Crippen LogP contribution in [0.4, 0.5) is 0 Å². The largest absolute Gasteiger partial charge is 0.274 e. The van der Waals surface area contributed by atoms with Crippen LogP contribution in [0.1, 0.15) is 108 Å². The second-order valence-corrected chi connectivity index (χ2v) is 7.89. The Labute approximate surface area is 167 Å². The predicted octanol–water partition coefficient (Wildman–Crippen LogP) is 7.74. The molecular weight excluding hydrogens is 332 g/mol. The van der Waals surface area contributed by atoms with Gasteiger partial charge in [0.05, 0.1) is 0 Å². The lowest BCUT2D eigenvalue weighted by molar-refractivity contribution is 0.525. The molecule has 154 valence electrons. The molecule has 3 heteroatoms. The van der Waals surface area contributed by atoms with Gasteiger partial charge < -0.3 is 0 Å². The molecule has 0 aliphatic carbocycles. The quantitative estimate of drug-likeness (QED) is 0.144. The van der Waals surface area contributed by atoms with Crippen molar-refractivity contribution in [2.24, 2.45) is 5.29 Å². The molecule has 0 saturated carbocycles. The van der Waals surface area contributed by atoms with E-state index >= 15 is 0 Å². The maximum atomic E-state index is 9.86. The van der Waals surface area contributed by atoms with Crippen LogP contribution in [0.15, 0.2) is 35.6 Å². The number of rotatable bonds is 20. The average molecular weight is 375 g/mol. The number of aryl methyl sites for hydroxylation is 1. The van der Waals surface area contributed by atoms with Crippen molar-refractivity contribution in [1.82, 2.24) is 5.43 Å². The molecule has 1 N–H and O–H groups in total. The summed E-state index contributed by atoms with van der Waals surface area (Å²) in [4.78, 5) is 9.86. The van der Waals surface area contributed by atoms with Gasteiger partial charge in [0.1, 0.15) is 0 Å². The zero-order chi connectivity index (χ0) is 19.3. The summed E-state index contributed by atoms with van der Waals surface area (Å²) in [6, 6.07) is 10.9. The average Bonchev–Trinajstić information content (AvgIpc) is 2.70. The van der Waals surface area contributed by atoms with Crippen molar-refractivity contribution in [3.8, 4) is 0 Å². The van der Waals surface area contributed by atoms with E-state index in [4.69, 9.17) is 0 Å². The van der Waals surface area contributed by atoms with Gasteiger partial charge in [-0.15, -0.1) is 4.91 Å². The fraction of sp³-hybridized carbons (Fsp3) is 0.750. The minimum Gasteiger partial charge on any atom is -0.274 e. The molecule has 0 spiro atoms. The van der Waals surface area contributed by atoms with E-state index in [1.165, 1.54) is 108 Å². The number of nitrogens with zero attached hydrogens (tertiary/aromatic N) is 1. The molecule has 0 bridgehead atoms. The van der Waals surface area contributed by atoms with Crippen molar-refractivity contribution in [2.45, 2.75) is 109 Å². The third-order valence-electron chi connectivity index (χ3n) is 5.41. The van der Waals surface area contributed by atoms with Gasteiger partial charge in [-0.3, -0.25) is 5.43 Å². The maximum absolute atomic E-state index is 9.86. The van der Waals surface area contributed by atoms with Gasteiger partial charge in [-0.1, -0.05) is 120 Å². The minimum absolute atomic E-state index is 0.733. The van der Waals surface area contributed by atoms with Crippen molar-refractivity contribution in [3.63, 3.8) is 0 Å². The highest BCUT2D eigenvalue weighted by Crippen LogP contribution is 2.14. The molecule has 0 fully saturated rings. The van der Waals surface area contributed by atoms with E-state index in [-0.39, 0.29) is 0 Å². The van der Waals surface area contributed by atoms with Gasteiger partial charge in [-0.05, 0) is 24.8 Å². The van der Waals surface area contributed by atoms with Gasteiger partial charge in [0.15, 0.2) is 0 Å². The van der Waals surface area contributed by atoms with E-state index in [0.717, 1.165) is 13.0 Å². The second-order valence-electron chi connectivity index (χ2n) is 7.89. The fourth-order valence-corrected chi connectivity index (χ4v) is 3.70. The van der Waals surface area contributed by atoms with Crippen LogP contribution in [-0.2, 0) is 6.42 Å². The van der Waals surface area contributed by atoms with Crippen LogP contribution in [0.2, 0.25) is 0 Å². The highest BCUT2D eigenvalue weighted by Gasteiger charge is 1.96. The number of hydrogen-bond acceptors (Lipinski definition) is 2. The van der Waals surface area contributed by atoms with Crippen LogP contribution in [0.25, 0.3) is 0 Å². The fourth-order valence-electron chi connectivity index (χ4n) is 3.70. The number of hydrogen-bond donors (Lipinski definition) is 1. The van der Waals surface area contributed by atoms with Gasteiger partial charge >= 0.3 is 0 Å². The van der Waals surface area contributed by atoms with E-state index in [1.54, 1.807) is 0 Å². The molecule has 0 radical (unpaired) electrons. The van der Waals surface area contributed by atoms with E-state index in [1.807, 2.05) is 0 Å². The molecule has 0 aliphatic heterocycles. The standard InChI is InChI=1S/C24H42N2O/c27-26-25-23-19-14-12-10-8-6-4-2-1-3-5-7-9-11-13-16-20-24-21-17-15-18-22-24/h15,17-18,21-22H,1-14,16,19-20,23H2,(H,25,27). The Hall–Kier alpha value is -1.38. The summed E-state index contributed by atoms with van der Waals surface area (Å²) in [6.07, 6.45) is 23.1. The summed E-state index contributed by atoms with van der Waals surface area (Å²) < 4.78 is 0. The molecule has 3 nitrogen and oxygen atoms in total. The minimum atomic E-state index is 0.733. The predicted molar refractivity (Wildman–Crippen MR) is 118 cm³/mol. The van der Waals surface area contributed by atoms with Gasteiger partial charge in [-0.2, -0.15) is 0 Å². The zero-order valence-corrected chi connectivity index (χ0v) is 17.5. The van der Waals surface area contributed by atoms with Crippen LogP contribution in [-0.4, -0.2) is 6.54 Å². The molecule has 0 saturated heterocycles. The molecule has 0 aromatic heterocycles. The Kier molecular flexibility index (Phi) is 17.0. The molecule has 1 aromatic carbocycles. The number of nitroso groups, excluding NO2 is 1. The van der Waals surface area contributed by atoms with Gasteiger partial charge in [0.2, 0.25) is 0 Å². The first kappa shape index (κ1) is 23.7. The molecule has 27 heavy (non-hydrogen) atoms. The van der Waals surface area contributed by atoms with Gasteiger partial charge in [0, 0.05) is 11.8 Å². The van der Waals surface area contributed by atoms with Crippen LogP contribution in [0.3, 0.4) is 0 Å². The third-order valence-corrected chi connectivity index (χ3v) is 5.41. The smallest absolute Gasteiger partial charge is 0.0496 e. The molecular formula is C24H42N2O. The van der Waals surface area contributed by atoms with Gasteiger partial charge in [-0.25, -0.2) is 0 Å². The Morgan fingerprint density at radius 3 is 1.41 bits per heavy atom. The van der Waals surface area contributed by atoms with Crippen molar-refractivity contribution in [1.29, 1.82) is 0 Å². The number of nitrogens with one attached hydrogen (secondary N) is 1. The van der Waals surface area contributed by atoms with Crippen molar-refractivity contribution in [3.05, 3.63) is 40.8 Å². The lowest BCUT2D eigenvalue weighted by Gasteiger charge is -2.04. The zero-order valence-electron chi connectivity index (χ0n) is 17.5. The summed E-state index contributed by atoms with van der Waals surface area (Å²) >= 11 is 0. The van der Waals surface area contributed by atoms with Crippen LogP contribution in [0, 0.1) is 4.91 Å². The first-order valence-electron chi connectivity index (χ1n) is 11.5. The number of benzene rings is 1. The Bertz CT molecular complexity index is 422. The Morgan fingerprint density at radius 1 is 0.556 bits per heavy atom. The SMILES string of the molecule is O=NNCCCCCCCCCCCCCCCCCCc1ccccc1. The van der Waals surface area contributed by atoms with E-state index in [0.29, 0.717) is 0 Å². The molecule has 1 rings (SSSR count). The number of unbranched alkanes of at least 4 members (excludes halogenated alkanes) is 15. The second kappa shape index (κ2) is 19.4. The molecule has 1 aromatic rings. The maximum Gasteiger partial charge on any atom is 0.0496 e. The topological polar surface area (TPSA) is 41.5 Å². The van der Waals surface area contributed by atoms with Crippen molar-refractivity contribution < 1.29 is 0 Å². The monoisotopic (exact) mass is 374 g/mol. The van der Waals surface area contributed by atoms with Crippen LogP contribution < -0.4 is 5.43 Å². The summed E-state index contributed by atoms with van der Waals surface area (Å²) in [5.74, 6) is 0. The van der Waals surface area contributed by atoms with Crippen LogP contribution in [0.5, 0.6) is 0 Å². The highest BCUT2D eigenvalue weighted by atomic mass is 16.3.